The molecule has 1 aromatic rings. The lowest BCUT2D eigenvalue weighted by Gasteiger charge is -2.41. The average molecular weight is 352 g/mol. The Morgan fingerprint density at radius 3 is 2.88 bits per heavy atom. The molecule has 1 fully saturated rings. The molecule has 0 spiro atoms. The van der Waals surface area contributed by atoms with Gasteiger partial charge in [0.15, 0.2) is 0 Å². The van der Waals surface area contributed by atoms with Crippen LogP contribution in [0.15, 0.2) is 18.2 Å². The smallest absolute Gasteiger partial charge is 0.294 e. The molecule has 5 N–H and O–H groups in total. The highest BCUT2D eigenvalue weighted by Crippen LogP contribution is 2.27. The molecule has 25 heavy (non-hydrogen) atoms. The van der Waals surface area contributed by atoms with E-state index in [-0.39, 0.29) is 30.4 Å². The Morgan fingerprint density at radius 1 is 1.44 bits per heavy atom. The van der Waals surface area contributed by atoms with Gasteiger partial charge in [-0.3, -0.25) is 15.0 Å². The van der Waals surface area contributed by atoms with Gasteiger partial charge in [-0.25, -0.2) is 0 Å². The molecule has 1 aliphatic heterocycles. The first-order chi connectivity index (χ1) is 11.9. The fraction of sp³-hybridized carbons (Fsp3) is 0.647. The van der Waals surface area contributed by atoms with Crippen LogP contribution in [0.3, 0.4) is 0 Å². The summed E-state index contributed by atoms with van der Waals surface area (Å²) in [5.74, 6) is 0.0642. The molecule has 0 bridgehead atoms. The summed E-state index contributed by atoms with van der Waals surface area (Å²) < 4.78 is 0. The van der Waals surface area contributed by atoms with Crippen molar-refractivity contribution in [2.45, 2.75) is 38.3 Å². The van der Waals surface area contributed by atoms with Gasteiger partial charge in [0, 0.05) is 30.9 Å². The lowest BCUT2D eigenvalue weighted by atomic mass is 9.88. The molecule has 1 heterocycles. The maximum Gasteiger partial charge on any atom is 0.294 e. The highest BCUT2D eigenvalue weighted by Gasteiger charge is 2.33. The molecule has 0 radical (unpaired) electrons. The van der Waals surface area contributed by atoms with E-state index in [1.807, 2.05) is 6.92 Å². The molecule has 8 nitrogen and oxygen atoms in total. The Hall–Kier alpha value is -1.90. The molecule has 0 aliphatic carbocycles. The van der Waals surface area contributed by atoms with Crippen molar-refractivity contribution in [2.24, 2.45) is 5.92 Å². The summed E-state index contributed by atoms with van der Waals surface area (Å²) >= 11 is 0. The fourth-order valence-corrected chi connectivity index (χ4v) is 3.39. The van der Waals surface area contributed by atoms with Gasteiger partial charge in [-0.05, 0) is 43.9 Å². The van der Waals surface area contributed by atoms with E-state index >= 15 is 0 Å². The van der Waals surface area contributed by atoms with E-state index in [4.69, 9.17) is 5.73 Å². The number of benzene rings is 1. The standard InChI is InChI=1S/C17H28N4O4/c1-12-16(11-22)20(9-6-17(12)23)8-3-2-7-19-14-5-4-13(18)10-15(14)21(24)25/h4-5,10,12,16-17,19,22-23H,2-3,6-9,11,18H2,1H3/t12?,16-,17-/m1/s1. The number of anilines is 2. The van der Waals surface area contributed by atoms with Crippen molar-refractivity contribution in [2.75, 3.05) is 37.3 Å². The number of rotatable bonds is 8. The van der Waals surface area contributed by atoms with E-state index in [2.05, 4.69) is 10.2 Å². The van der Waals surface area contributed by atoms with E-state index in [1.165, 1.54) is 6.07 Å². The van der Waals surface area contributed by atoms with Gasteiger partial charge >= 0.3 is 0 Å². The second kappa shape index (κ2) is 8.98. The lowest BCUT2D eigenvalue weighted by molar-refractivity contribution is -0.383. The minimum atomic E-state index is -0.440. The molecule has 0 saturated carbocycles. The van der Waals surface area contributed by atoms with Crippen molar-refractivity contribution in [3.05, 3.63) is 28.3 Å². The Labute approximate surface area is 147 Å². The predicted molar refractivity (Wildman–Crippen MR) is 97.5 cm³/mol. The average Bonchev–Trinajstić information content (AvgIpc) is 2.58. The number of hydrogen-bond donors (Lipinski definition) is 4. The van der Waals surface area contributed by atoms with Crippen molar-refractivity contribution in [1.82, 2.24) is 4.90 Å². The quantitative estimate of drug-likeness (QED) is 0.241. The lowest BCUT2D eigenvalue weighted by Crippen LogP contribution is -2.52. The summed E-state index contributed by atoms with van der Waals surface area (Å²) in [6.07, 6.45) is 2.15. The van der Waals surface area contributed by atoms with E-state index in [1.54, 1.807) is 12.1 Å². The number of aliphatic hydroxyl groups excluding tert-OH is 2. The fourth-order valence-electron chi connectivity index (χ4n) is 3.39. The van der Waals surface area contributed by atoms with Crippen LogP contribution in [-0.4, -0.2) is 58.4 Å². The molecular formula is C17H28N4O4. The number of aliphatic hydroxyl groups is 2. The van der Waals surface area contributed by atoms with Crippen LogP contribution in [0.2, 0.25) is 0 Å². The number of unbranched alkanes of at least 4 members (excludes halogenated alkanes) is 1. The Morgan fingerprint density at radius 2 is 2.20 bits per heavy atom. The second-order valence-corrected chi connectivity index (χ2v) is 6.67. The van der Waals surface area contributed by atoms with Crippen molar-refractivity contribution >= 4 is 17.1 Å². The van der Waals surface area contributed by atoms with Gasteiger partial charge in [-0.15, -0.1) is 0 Å². The summed E-state index contributed by atoms with van der Waals surface area (Å²) in [6.45, 7) is 4.27. The van der Waals surface area contributed by atoms with Crippen molar-refractivity contribution in [1.29, 1.82) is 0 Å². The molecule has 1 aromatic carbocycles. The minimum Gasteiger partial charge on any atom is -0.399 e. The zero-order valence-electron chi connectivity index (χ0n) is 14.6. The number of piperidine rings is 1. The van der Waals surface area contributed by atoms with Crippen LogP contribution in [0.1, 0.15) is 26.2 Å². The Kier molecular flexibility index (Phi) is 6.98. The zero-order valence-corrected chi connectivity index (χ0v) is 14.6. The first kappa shape index (κ1) is 19.4. The van der Waals surface area contributed by atoms with Crippen LogP contribution in [0.25, 0.3) is 0 Å². The van der Waals surface area contributed by atoms with Gasteiger partial charge in [-0.1, -0.05) is 6.92 Å². The number of nitrogens with two attached hydrogens (primary N) is 1. The molecule has 1 aliphatic rings. The van der Waals surface area contributed by atoms with Crippen molar-refractivity contribution in [3.63, 3.8) is 0 Å². The first-order valence-electron chi connectivity index (χ1n) is 8.74. The monoisotopic (exact) mass is 352 g/mol. The van der Waals surface area contributed by atoms with Gasteiger partial charge in [0.2, 0.25) is 0 Å². The van der Waals surface area contributed by atoms with Gasteiger partial charge < -0.3 is 21.3 Å². The first-order valence-corrected chi connectivity index (χ1v) is 8.74. The van der Waals surface area contributed by atoms with Crippen LogP contribution >= 0.6 is 0 Å². The largest absolute Gasteiger partial charge is 0.399 e. The molecule has 140 valence electrons. The number of nitrogens with one attached hydrogen (secondary N) is 1. The normalized spacial score (nSPS) is 24.2. The van der Waals surface area contributed by atoms with Crippen LogP contribution in [-0.2, 0) is 0 Å². The maximum atomic E-state index is 11.1. The van der Waals surface area contributed by atoms with Gasteiger partial charge in [-0.2, -0.15) is 0 Å². The van der Waals surface area contributed by atoms with Gasteiger partial charge in [0.05, 0.1) is 17.6 Å². The number of nitrogens with zero attached hydrogens (tertiary/aromatic N) is 2. The third-order valence-electron chi connectivity index (χ3n) is 4.99. The molecule has 1 unspecified atom stereocenters. The van der Waals surface area contributed by atoms with Crippen LogP contribution in [0.5, 0.6) is 0 Å². The van der Waals surface area contributed by atoms with E-state index in [0.717, 1.165) is 32.4 Å². The summed E-state index contributed by atoms with van der Waals surface area (Å²) in [4.78, 5) is 12.8. The van der Waals surface area contributed by atoms with Crippen molar-refractivity contribution < 1.29 is 15.1 Å². The third kappa shape index (κ3) is 5.04. The van der Waals surface area contributed by atoms with Crippen LogP contribution in [0, 0.1) is 16.0 Å². The molecule has 1 saturated heterocycles. The number of nitrogen functional groups attached to an aromatic ring is 1. The minimum absolute atomic E-state index is 0.00473. The highest BCUT2D eigenvalue weighted by atomic mass is 16.6. The summed E-state index contributed by atoms with van der Waals surface area (Å²) in [7, 11) is 0. The van der Waals surface area contributed by atoms with E-state index < -0.39 is 4.92 Å². The predicted octanol–water partition coefficient (Wildman–Crippen LogP) is 1.43. The van der Waals surface area contributed by atoms with Crippen LogP contribution in [0.4, 0.5) is 17.1 Å². The maximum absolute atomic E-state index is 11.1. The molecule has 3 atom stereocenters. The zero-order chi connectivity index (χ0) is 18.4. The Bertz CT molecular complexity index is 584. The number of nitro benzene ring substituents is 1. The van der Waals surface area contributed by atoms with Crippen molar-refractivity contribution in [3.8, 4) is 0 Å². The summed E-state index contributed by atoms with van der Waals surface area (Å²) in [6, 6.07) is 4.62. The van der Waals surface area contributed by atoms with E-state index in [9.17, 15) is 20.3 Å². The number of nitro groups is 1. The number of likely N-dealkylation sites (tertiary alicyclic amines) is 1. The van der Waals surface area contributed by atoms with E-state index in [0.29, 0.717) is 17.9 Å². The number of hydrogen-bond acceptors (Lipinski definition) is 7. The van der Waals surface area contributed by atoms with Gasteiger partial charge in [0.25, 0.3) is 5.69 Å². The molecule has 8 heteroatoms. The molecule has 0 amide bonds. The molecule has 0 aromatic heterocycles. The topological polar surface area (TPSA) is 125 Å². The Balaban J connectivity index is 1.78. The summed E-state index contributed by atoms with van der Waals surface area (Å²) in [5.41, 5.74) is 6.42. The third-order valence-corrected chi connectivity index (χ3v) is 4.99. The molecular weight excluding hydrogens is 324 g/mol. The SMILES string of the molecule is CC1[C@H](O)CCN(CCCCNc2ccc(N)cc2[N+](=O)[O-])[C@@H]1CO. The molecule has 2 rings (SSSR count). The second-order valence-electron chi connectivity index (χ2n) is 6.67. The van der Waals surface area contributed by atoms with Gasteiger partial charge in [0.1, 0.15) is 5.69 Å². The van der Waals surface area contributed by atoms with Crippen LogP contribution < -0.4 is 11.1 Å². The highest BCUT2D eigenvalue weighted by molar-refractivity contribution is 5.66. The summed E-state index contributed by atoms with van der Waals surface area (Å²) in [5, 5.41) is 33.6.